The van der Waals surface area contributed by atoms with E-state index in [4.69, 9.17) is 0 Å². The van der Waals surface area contributed by atoms with Gasteiger partial charge in [-0.3, -0.25) is 0 Å². The Balaban J connectivity index is 0.889. The Bertz CT molecular complexity index is 3490. The van der Waals surface area contributed by atoms with E-state index in [-0.39, 0.29) is 0 Å². The first kappa shape index (κ1) is 40.5. The zero-order chi connectivity index (χ0) is 45.2. The average molecular weight is 867 g/mol. The maximum atomic E-state index is 2.43. The maximum Gasteiger partial charge on any atom is 0.0541 e. The molecule has 0 aliphatic carbocycles. The molecule has 0 saturated carbocycles. The van der Waals surface area contributed by atoms with Crippen molar-refractivity contribution in [1.82, 2.24) is 4.57 Å². The van der Waals surface area contributed by atoms with Gasteiger partial charge in [0.15, 0.2) is 0 Å². The third kappa shape index (κ3) is 7.85. The molecule has 12 aromatic rings. The van der Waals surface area contributed by atoms with E-state index >= 15 is 0 Å². The lowest BCUT2D eigenvalue weighted by Crippen LogP contribution is -2.09. The van der Waals surface area contributed by atoms with Gasteiger partial charge in [-0.1, -0.05) is 200 Å². The number of hydrogen-bond acceptors (Lipinski definition) is 1. The molecule has 68 heavy (non-hydrogen) atoms. The number of hydrogen-bond donors (Lipinski definition) is 0. The second-order valence-corrected chi connectivity index (χ2v) is 17.4. The normalized spacial score (nSPS) is 11.2. The minimum Gasteiger partial charge on any atom is -0.311 e. The highest BCUT2D eigenvalue weighted by molar-refractivity contribution is 6.11. The molecular weight excluding hydrogens is 821 g/mol. The van der Waals surface area contributed by atoms with E-state index in [1.165, 1.54) is 83.0 Å². The summed E-state index contributed by atoms with van der Waals surface area (Å²) in [5.74, 6) is 0. The average Bonchev–Trinajstić information content (AvgIpc) is 3.76. The smallest absolute Gasteiger partial charge is 0.0541 e. The first-order valence-corrected chi connectivity index (χ1v) is 23.3. The number of benzene rings is 11. The highest BCUT2D eigenvalue weighted by Crippen LogP contribution is 2.40. The Morgan fingerprint density at radius 2 is 0.485 bits per heavy atom. The largest absolute Gasteiger partial charge is 0.311 e. The number of fused-ring (bicyclic) bond motifs is 3. The van der Waals surface area contributed by atoms with Crippen LogP contribution in [0.3, 0.4) is 0 Å². The van der Waals surface area contributed by atoms with Crippen LogP contribution in [-0.2, 0) is 0 Å². The Labute approximate surface area is 397 Å². The van der Waals surface area contributed by atoms with Crippen molar-refractivity contribution >= 4 is 38.9 Å². The molecule has 0 N–H and O–H groups in total. The zero-order valence-corrected chi connectivity index (χ0v) is 37.5. The molecule has 1 aromatic heterocycles. The van der Waals surface area contributed by atoms with Gasteiger partial charge in [0.2, 0.25) is 0 Å². The Hall–Kier alpha value is -8.98. The number of aromatic nitrogens is 1. The van der Waals surface area contributed by atoms with E-state index in [0.29, 0.717) is 0 Å². The van der Waals surface area contributed by atoms with E-state index in [1.54, 1.807) is 0 Å². The van der Waals surface area contributed by atoms with Gasteiger partial charge in [0.25, 0.3) is 0 Å². The molecule has 1 heterocycles. The lowest BCUT2D eigenvalue weighted by Gasteiger charge is -2.26. The molecule has 0 bridgehead atoms. The van der Waals surface area contributed by atoms with Gasteiger partial charge in [0, 0.05) is 33.5 Å². The van der Waals surface area contributed by atoms with Gasteiger partial charge in [-0.15, -0.1) is 0 Å². The van der Waals surface area contributed by atoms with Crippen LogP contribution in [0.25, 0.3) is 94.3 Å². The fourth-order valence-electron chi connectivity index (χ4n) is 9.74. The number of nitrogens with zero attached hydrogens (tertiary/aromatic N) is 2. The summed E-state index contributed by atoms with van der Waals surface area (Å²) in [7, 11) is 0. The molecule has 0 amide bonds. The molecule has 0 fully saturated rings. The third-order valence-corrected chi connectivity index (χ3v) is 13.2. The molecule has 0 aliphatic rings. The van der Waals surface area contributed by atoms with Crippen LogP contribution in [-0.4, -0.2) is 4.57 Å². The summed E-state index contributed by atoms with van der Waals surface area (Å²) in [6.45, 7) is 0. The van der Waals surface area contributed by atoms with Gasteiger partial charge in [-0.25, -0.2) is 0 Å². The fraction of sp³-hybridized carbons (Fsp3) is 0. The highest BCUT2D eigenvalue weighted by Gasteiger charge is 2.17. The summed E-state index contributed by atoms with van der Waals surface area (Å²) in [6, 6.07) is 101. The van der Waals surface area contributed by atoms with Crippen LogP contribution in [0.2, 0.25) is 0 Å². The summed E-state index contributed by atoms with van der Waals surface area (Å²) >= 11 is 0. The van der Waals surface area contributed by atoms with Crippen LogP contribution in [0.5, 0.6) is 0 Å². The van der Waals surface area contributed by atoms with Crippen molar-refractivity contribution in [2.45, 2.75) is 0 Å². The van der Waals surface area contributed by atoms with Crippen LogP contribution in [0.15, 0.2) is 279 Å². The second kappa shape index (κ2) is 17.8. The van der Waals surface area contributed by atoms with Crippen LogP contribution in [0, 0.1) is 0 Å². The molecule has 0 saturated heterocycles. The van der Waals surface area contributed by atoms with Gasteiger partial charge in [-0.05, 0) is 146 Å². The Morgan fingerprint density at radius 3 is 0.897 bits per heavy atom. The van der Waals surface area contributed by atoms with E-state index in [2.05, 4.69) is 289 Å². The van der Waals surface area contributed by atoms with Crippen molar-refractivity contribution < 1.29 is 0 Å². The summed E-state index contributed by atoms with van der Waals surface area (Å²) in [6.07, 6.45) is 0. The molecule has 0 unspecified atom stereocenters. The van der Waals surface area contributed by atoms with Gasteiger partial charge < -0.3 is 9.47 Å². The molecule has 2 heteroatoms. The van der Waals surface area contributed by atoms with E-state index < -0.39 is 0 Å². The predicted octanol–water partition coefficient (Wildman–Crippen LogP) is 18.3. The van der Waals surface area contributed by atoms with Crippen molar-refractivity contribution in [1.29, 1.82) is 0 Å². The maximum absolute atomic E-state index is 2.43. The standard InChI is InChI=1S/C66H46N2/c1-5-15-47(16-6-1)51-27-35-59(36-28-51)67(60-37-29-52(30-38-60)48-17-7-2-8-18-48)61-39-31-53(32-40-61)54-23-13-24-55(43-54)56-25-14-26-62(44-56)68-65-41-33-57(49-19-9-3-10-20-49)45-63(65)64-46-58(34-42-66(64)68)50-21-11-4-12-22-50/h1-46H. The van der Waals surface area contributed by atoms with Crippen molar-refractivity contribution in [3.05, 3.63) is 279 Å². The lowest BCUT2D eigenvalue weighted by molar-refractivity contribution is 1.18. The van der Waals surface area contributed by atoms with Crippen molar-refractivity contribution in [2.75, 3.05) is 4.90 Å². The second-order valence-electron chi connectivity index (χ2n) is 17.4. The molecule has 0 aliphatic heterocycles. The Morgan fingerprint density at radius 1 is 0.206 bits per heavy atom. The molecule has 0 atom stereocenters. The lowest BCUT2D eigenvalue weighted by atomic mass is 9.98. The molecule has 12 rings (SSSR count). The first-order chi connectivity index (χ1) is 33.7. The van der Waals surface area contributed by atoms with Gasteiger partial charge in [0.1, 0.15) is 0 Å². The topological polar surface area (TPSA) is 8.17 Å². The summed E-state index contributed by atoms with van der Waals surface area (Å²) in [5, 5.41) is 2.48. The number of rotatable bonds is 10. The first-order valence-electron chi connectivity index (χ1n) is 23.3. The van der Waals surface area contributed by atoms with Gasteiger partial charge in [-0.2, -0.15) is 0 Å². The fourth-order valence-corrected chi connectivity index (χ4v) is 9.74. The van der Waals surface area contributed by atoms with Gasteiger partial charge in [0.05, 0.1) is 11.0 Å². The summed E-state index contributed by atoms with van der Waals surface area (Å²) in [5.41, 5.74) is 21.1. The van der Waals surface area contributed by atoms with Crippen LogP contribution in [0.1, 0.15) is 0 Å². The van der Waals surface area contributed by atoms with Crippen LogP contribution < -0.4 is 4.90 Å². The van der Waals surface area contributed by atoms with Gasteiger partial charge >= 0.3 is 0 Å². The summed E-state index contributed by atoms with van der Waals surface area (Å²) < 4.78 is 2.43. The molecule has 11 aromatic carbocycles. The van der Waals surface area contributed by atoms with Crippen molar-refractivity contribution in [2.24, 2.45) is 0 Å². The highest BCUT2D eigenvalue weighted by atomic mass is 15.1. The predicted molar refractivity (Wildman–Crippen MR) is 288 cm³/mol. The quantitative estimate of drug-likeness (QED) is 0.133. The Kier molecular flexibility index (Phi) is 10.6. The SMILES string of the molecule is c1ccc(-c2ccc(N(c3ccc(-c4ccccc4)cc3)c3ccc(-c4cccc(-c5cccc(-n6c7ccc(-c8ccccc8)cc7c7cc(-c8ccccc8)ccc76)c5)c4)cc3)cc2)cc1. The minimum absolute atomic E-state index is 1.09. The van der Waals surface area contributed by atoms with Crippen LogP contribution >= 0.6 is 0 Å². The summed E-state index contributed by atoms with van der Waals surface area (Å²) in [4.78, 5) is 2.34. The van der Waals surface area contributed by atoms with Crippen molar-refractivity contribution in [3.63, 3.8) is 0 Å². The molecular formula is C66H46N2. The third-order valence-electron chi connectivity index (χ3n) is 13.2. The van der Waals surface area contributed by atoms with E-state index in [0.717, 1.165) is 28.3 Å². The molecule has 0 spiro atoms. The molecule has 0 radical (unpaired) electrons. The molecule has 320 valence electrons. The number of anilines is 3. The van der Waals surface area contributed by atoms with E-state index in [9.17, 15) is 0 Å². The van der Waals surface area contributed by atoms with E-state index in [1.807, 2.05) is 0 Å². The molecule has 2 nitrogen and oxygen atoms in total. The zero-order valence-electron chi connectivity index (χ0n) is 37.5. The monoisotopic (exact) mass is 866 g/mol. The van der Waals surface area contributed by atoms with Crippen molar-refractivity contribution in [3.8, 4) is 72.4 Å². The van der Waals surface area contributed by atoms with Crippen LogP contribution in [0.4, 0.5) is 17.1 Å². The minimum atomic E-state index is 1.09.